The summed E-state index contributed by atoms with van der Waals surface area (Å²) in [6.07, 6.45) is 1.44. The number of hydrogen-bond donors (Lipinski definition) is 2. The van der Waals surface area contributed by atoms with E-state index in [9.17, 15) is 14.9 Å². The van der Waals surface area contributed by atoms with Gasteiger partial charge in [-0.1, -0.05) is 36.4 Å². The maximum absolute atomic E-state index is 12.5. The number of amides is 1. The van der Waals surface area contributed by atoms with Gasteiger partial charge in [0.15, 0.2) is 18.1 Å². The van der Waals surface area contributed by atoms with Crippen molar-refractivity contribution >= 4 is 18.0 Å². The molecule has 2 aromatic carbocycles. The Balaban J connectivity index is 2.20. The third-order valence-corrected chi connectivity index (χ3v) is 3.94. The van der Waals surface area contributed by atoms with Crippen molar-refractivity contribution in [1.82, 2.24) is 5.32 Å². The zero-order valence-corrected chi connectivity index (χ0v) is 16.2. The van der Waals surface area contributed by atoms with Crippen LogP contribution in [0, 0.1) is 11.3 Å². The molecule has 29 heavy (non-hydrogen) atoms. The molecule has 0 unspecified atom stereocenters. The lowest BCUT2D eigenvalue weighted by Crippen LogP contribution is -2.27. The van der Waals surface area contributed by atoms with Crippen LogP contribution in [0.4, 0.5) is 0 Å². The second-order valence-corrected chi connectivity index (χ2v) is 6.10. The third-order valence-electron chi connectivity index (χ3n) is 3.94. The van der Waals surface area contributed by atoms with Gasteiger partial charge in [-0.05, 0) is 43.2 Å². The van der Waals surface area contributed by atoms with Gasteiger partial charge in [-0.25, -0.2) is 4.79 Å². The topological polar surface area (TPSA) is 109 Å². The highest BCUT2D eigenvalue weighted by molar-refractivity contribution is 6.01. The van der Waals surface area contributed by atoms with E-state index in [4.69, 9.17) is 14.6 Å². The van der Waals surface area contributed by atoms with Crippen LogP contribution in [0.5, 0.6) is 11.5 Å². The summed E-state index contributed by atoms with van der Waals surface area (Å²) >= 11 is 0. The van der Waals surface area contributed by atoms with Gasteiger partial charge in [-0.3, -0.25) is 4.79 Å². The van der Waals surface area contributed by atoms with E-state index in [1.54, 1.807) is 25.1 Å². The molecule has 2 aromatic rings. The molecule has 0 saturated heterocycles. The third kappa shape index (κ3) is 6.40. The number of ether oxygens (including phenoxy) is 2. The molecule has 7 nitrogen and oxygen atoms in total. The smallest absolute Gasteiger partial charge is 0.341 e. The van der Waals surface area contributed by atoms with Gasteiger partial charge in [0.25, 0.3) is 5.91 Å². The lowest BCUT2D eigenvalue weighted by Gasteiger charge is -2.14. The van der Waals surface area contributed by atoms with Gasteiger partial charge >= 0.3 is 5.97 Å². The quantitative estimate of drug-likeness (QED) is 0.499. The molecular weight excluding hydrogens is 372 g/mol. The molecule has 0 aliphatic carbocycles. The van der Waals surface area contributed by atoms with Gasteiger partial charge in [0.2, 0.25) is 0 Å². The normalized spacial score (nSPS) is 11.8. The van der Waals surface area contributed by atoms with Crippen molar-refractivity contribution < 1.29 is 24.2 Å². The Morgan fingerprint density at radius 1 is 1.17 bits per heavy atom. The van der Waals surface area contributed by atoms with E-state index in [2.05, 4.69) is 5.32 Å². The summed E-state index contributed by atoms with van der Waals surface area (Å²) in [5, 5.41) is 21.0. The second kappa shape index (κ2) is 10.5. The van der Waals surface area contributed by atoms with Crippen molar-refractivity contribution in [2.45, 2.75) is 19.9 Å². The minimum Gasteiger partial charge on any atom is -0.490 e. The summed E-state index contributed by atoms with van der Waals surface area (Å²) in [5.74, 6) is -0.995. The Morgan fingerprint density at radius 2 is 1.90 bits per heavy atom. The van der Waals surface area contributed by atoms with Crippen LogP contribution in [0.15, 0.2) is 54.1 Å². The number of carboxylic acid groups (broad SMARTS) is 1. The summed E-state index contributed by atoms with van der Waals surface area (Å²) in [6, 6.07) is 15.8. The van der Waals surface area contributed by atoms with Crippen molar-refractivity contribution in [2.75, 3.05) is 13.2 Å². The van der Waals surface area contributed by atoms with E-state index < -0.39 is 18.5 Å². The molecule has 0 spiro atoms. The van der Waals surface area contributed by atoms with Crippen LogP contribution in [-0.4, -0.2) is 30.2 Å². The standard InChI is InChI=1S/C22H22N2O5/c1-3-28-20-12-16(9-10-19(20)29-14-21(25)26)11-18(13-23)22(27)24-15(2)17-7-5-4-6-8-17/h4-12,15H,3,14H2,1-2H3,(H,24,27)(H,25,26)/b18-11+/t15-/m0/s1. The number of benzene rings is 2. The Hall–Kier alpha value is -3.79. The van der Waals surface area contributed by atoms with Crippen LogP contribution < -0.4 is 14.8 Å². The molecule has 2 rings (SSSR count). The highest BCUT2D eigenvalue weighted by Crippen LogP contribution is 2.29. The number of carbonyl (C=O) groups is 2. The molecule has 0 aliphatic rings. The lowest BCUT2D eigenvalue weighted by atomic mass is 10.1. The summed E-state index contributed by atoms with van der Waals surface area (Å²) in [6.45, 7) is 3.46. The highest BCUT2D eigenvalue weighted by atomic mass is 16.5. The molecule has 0 saturated carbocycles. The van der Waals surface area contributed by atoms with Crippen LogP contribution in [0.25, 0.3) is 6.08 Å². The van der Waals surface area contributed by atoms with E-state index in [1.807, 2.05) is 43.3 Å². The van der Waals surface area contributed by atoms with Crippen molar-refractivity contribution in [3.63, 3.8) is 0 Å². The first-order valence-corrected chi connectivity index (χ1v) is 9.03. The van der Waals surface area contributed by atoms with E-state index in [1.165, 1.54) is 6.08 Å². The Morgan fingerprint density at radius 3 is 2.52 bits per heavy atom. The van der Waals surface area contributed by atoms with E-state index in [0.717, 1.165) is 5.56 Å². The minimum absolute atomic E-state index is 0.0607. The second-order valence-electron chi connectivity index (χ2n) is 6.10. The monoisotopic (exact) mass is 394 g/mol. The zero-order valence-electron chi connectivity index (χ0n) is 16.2. The van der Waals surface area contributed by atoms with E-state index in [-0.39, 0.29) is 17.4 Å². The Kier molecular flexibility index (Phi) is 7.80. The SMILES string of the molecule is CCOc1cc(/C=C(\C#N)C(=O)N[C@@H](C)c2ccccc2)ccc1OCC(=O)O. The maximum atomic E-state index is 12.5. The molecule has 0 bridgehead atoms. The van der Waals surface area contributed by atoms with Crippen LogP contribution in [0.1, 0.15) is 31.0 Å². The molecule has 0 fully saturated rings. The van der Waals surface area contributed by atoms with E-state index in [0.29, 0.717) is 17.9 Å². The fourth-order valence-corrected chi connectivity index (χ4v) is 2.56. The van der Waals surface area contributed by atoms with Crippen LogP contribution in [-0.2, 0) is 9.59 Å². The predicted molar refractivity (Wildman–Crippen MR) is 107 cm³/mol. The summed E-state index contributed by atoms with van der Waals surface area (Å²) in [7, 11) is 0. The molecule has 0 aliphatic heterocycles. The molecule has 0 radical (unpaired) electrons. The van der Waals surface area contributed by atoms with Crippen LogP contribution in [0.2, 0.25) is 0 Å². The van der Waals surface area contributed by atoms with Crippen LogP contribution in [0.3, 0.4) is 0 Å². The zero-order chi connectivity index (χ0) is 21.2. The average Bonchev–Trinajstić information content (AvgIpc) is 2.72. The van der Waals surface area contributed by atoms with Crippen molar-refractivity contribution in [2.24, 2.45) is 0 Å². The Labute approximate surface area is 169 Å². The summed E-state index contributed by atoms with van der Waals surface area (Å²) in [4.78, 5) is 23.2. The predicted octanol–water partition coefficient (Wildman–Crippen LogP) is 3.33. The first-order chi connectivity index (χ1) is 13.9. The summed E-state index contributed by atoms with van der Waals surface area (Å²) in [5.41, 5.74) is 1.42. The van der Waals surface area contributed by atoms with Gasteiger partial charge in [0.1, 0.15) is 11.6 Å². The summed E-state index contributed by atoms with van der Waals surface area (Å²) < 4.78 is 10.7. The number of nitrogens with one attached hydrogen (secondary N) is 1. The molecule has 1 amide bonds. The number of nitriles is 1. The van der Waals surface area contributed by atoms with E-state index >= 15 is 0 Å². The van der Waals surface area contributed by atoms with Gasteiger partial charge in [-0.15, -0.1) is 0 Å². The molecule has 0 heterocycles. The van der Waals surface area contributed by atoms with Crippen LogP contribution >= 0.6 is 0 Å². The van der Waals surface area contributed by atoms with Gasteiger partial charge in [-0.2, -0.15) is 5.26 Å². The first kappa shape index (κ1) is 21.5. The number of carboxylic acids is 1. The number of carbonyl (C=O) groups excluding carboxylic acids is 1. The molecule has 150 valence electrons. The highest BCUT2D eigenvalue weighted by Gasteiger charge is 2.14. The maximum Gasteiger partial charge on any atom is 0.341 e. The fraction of sp³-hybridized carbons (Fsp3) is 0.227. The molecule has 0 aromatic heterocycles. The van der Waals surface area contributed by atoms with Crippen molar-refractivity contribution in [1.29, 1.82) is 5.26 Å². The van der Waals surface area contributed by atoms with Crippen molar-refractivity contribution in [3.8, 4) is 17.6 Å². The molecule has 7 heteroatoms. The lowest BCUT2D eigenvalue weighted by molar-refractivity contribution is -0.139. The van der Waals surface area contributed by atoms with Gasteiger partial charge in [0.05, 0.1) is 12.6 Å². The number of nitrogens with zero attached hydrogens (tertiary/aromatic N) is 1. The molecular formula is C22H22N2O5. The largest absolute Gasteiger partial charge is 0.490 e. The molecule has 2 N–H and O–H groups in total. The minimum atomic E-state index is -1.10. The van der Waals surface area contributed by atoms with Gasteiger partial charge in [0, 0.05) is 0 Å². The molecule has 1 atom stereocenters. The number of aliphatic carboxylic acids is 1. The van der Waals surface area contributed by atoms with Gasteiger partial charge < -0.3 is 19.9 Å². The Bertz CT molecular complexity index is 932. The first-order valence-electron chi connectivity index (χ1n) is 9.03. The number of hydrogen-bond acceptors (Lipinski definition) is 5. The van der Waals surface area contributed by atoms with Crippen molar-refractivity contribution in [3.05, 3.63) is 65.2 Å². The average molecular weight is 394 g/mol. The fourth-order valence-electron chi connectivity index (χ4n) is 2.56. The number of rotatable bonds is 9.